The number of nitro groups is 1. The van der Waals surface area contributed by atoms with Crippen molar-refractivity contribution in [3.63, 3.8) is 0 Å². The van der Waals surface area contributed by atoms with Gasteiger partial charge in [-0.25, -0.2) is 0 Å². The summed E-state index contributed by atoms with van der Waals surface area (Å²) in [6.07, 6.45) is 0. The highest BCUT2D eigenvalue weighted by Gasteiger charge is 2.21. The zero-order chi connectivity index (χ0) is 12.5. The van der Waals surface area contributed by atoms with Crippen LogP contribution in [-0.2, 0) is 0 Å². The van der Waals surface area contributed by atoms with Crippen LogP contribution in [0.5, 0.6) is 0 Å². The molecule has 0 aliphatic carbocycles. The molecule has 5 heteroatoms. The molecule has 0 N–H and O–H groups in total. The average molecular weight is 239 g/mol. The lowest BCUT2D eigenvalue weighted by Crippen LogP contribution is -1.96. The van der Waals surface area contributed by atoms with Crippen LogP contribution < -0.4 is 0 Å². The minimum atomic E-state index is -0.457. The summed E-state index contributed by atoms with van der Waals surface area (Å²) >= 11 is 0. The van der Waals surface area contributed by atoms with Crippen LogP contribution in [0.2, 0.25) is 0 Å². The normalized spacial score (nSPS) is 10.7. The molecule has 2 aromatic carbocycles. The first kappa shape index (κ1) is 10.5. The van der Waals surface area contributed by atoms with Gasteiger partial charge in [-0.1, -0.05) is 30.3 Å². The minimum absolute atomic E-state index is 0.116. The van der Waals surface area contributed by atoms with E-state index >= 15 is 0 Å². The Morgan fingerprint density at radius 1 is 1.00 bits per heavy atom. The van der Waals surface area contributed by atoms with E-state index < -0.39 is 4.92 Å². The molecule has 0 unspecified atom stereocenters. The van der Waals surface area contributed by atoms with E-state index in [1.807, 2.05) is 42.5 Å². The molecule has 0 fully saturated rings. The van der Waals surface area contributed by atoms with E-state index in [0.29, 0.717) is 5.39 Å². The van der Waals surface area contributed by atoms with E-state index in [0.717, 1.165) is 11.2 Å². The van der Waals surface area contributed by atoms with Crippen LogP contribution in [0.25, 0.3) is 16.6 Å². The third-order valence-electron chi connectivity index (χ3n) is 2.74. The van der Waals surface area contributed by atoms with Crippen molar-refractivity contribution in [2.24, 2.45) is 0 Å². The molecule has 3 aromatic rings. The van der Waals surface area contributed by atoms with Gasteiger partial charge in [0.15, 0.2) is 0 Å². The molecule has 1 aromatic heterocycles. The first-order valence-electron chi connectivity index (χ1n) is 5.45. The molecule has 5 nitrogen and oxygen atoms in total. The zero-order valence-corrected chi connectivity index (χ0v) is 9.35. The molecule has 0 amide bonds. The maximum Gasteiger partial charge on any atom is 0.398 e. The van der Waals surface area contributed by atoms with E-state index in [2.05, 4.69) is 5.10 Å². The summed E-state index contributed by atoms with van der Waals surface area (Å²) in [5.74, 6) is -0.116. The van der Waals surface area contributed by atoms with Gasteiger partial charge >= 0.3 is 5.82 Å². The van der Waals surface area contributed by atoms with Crippen LogP contribution in [-0.4, -0.2) is 14.7 Å². The van der Waals surface area contributed by atoms with Crippen molar-refractivity contribution < 1.29 is 4.92 Å². The van der Waals surface area contributed by atoms with Gasteiger partial charge in [0.25, 0.3) is 0 Å². The second-order valence-electron chi connectivity index (χ2n) is 3.85. The summed E-state index contributed by atoms with van der Waals surface area (Å²) in [4.78, 5) is 10.5. The first-order valence-corrected chi connectivity index (χ1v) is 5.45. The summed E-state index contributed by atoms with van der Waals surface area (Å²) in [5, 5.41) is 15.6. The molecule has 0 radical (unpaired) electrons. The van der Waals surface area contributed by atoms with Gasteiger partial charge < -0.3 is 10.1 Å². The average Bonchev–Trinajstić information content (AvgIpc) is 2.79. The molecule has 3 rings (SSSR count). The Bertz CT molecular complexity index is 719. The Morgan fingerprint density at radius 2 is 1.67 bits per heavy atom. The summed E-state index contributed by atoms with van der Waals surface area (Å²) < 4.78 is 1.59. The Balaban J connectivity index is 2.34. The van der Waals surface area contributed by atoms with Crippen LogP contribution in [0.15, 0.2) is 54.6 Å². The number of benzene rings is 2. The van der Waals surface area contributed by atoms with Gasteiger partial charge in [-0.05, 0) is 29.2 Å². The molecular weight excluding hydrogens is 230 g/mol. The van der Waals surface area contributed by atoms with E-state index in [9.17, 15) is 10.1 Å². The van der Waals surface area contributed by atoms with E-state index in [-0.39, 0.29) is 5.82 Å². The molecule has 0 aliphatic rings. The molecule has 0 bridgehead atoms. The predicted octanol–water partition coefficient (Wildman–Crippen LogP) is 2.93. The van der Waals surface area contributed by atoms with E-state index in [1.54, 1.807) is 16.8 Å². The van der Waals surface area contributed by atoms with Crippen LogP contribution in [0.3, 0.4) is 0 Å². The smallest absolute Gasteiger partial charge is 0.358 e. The predicted molar refractivity (Wildman–Crippen MR) is 67.7 cm³/mol. The first-order chi connectivity index (χ1) is 8.77. The van der Waals surface area contributed by atoms with E-state index in [4.69, 9.17) is 0 Å². The molecule has 1 heterocycles. The van der Waals surface area contributed by atoms with Gasteiger partial charge in [-0.2, -0.15) is 0 Å². The second kappa shape index (κ2) is 3.96. The Morgan fingerprint density at radius 3 is 2.39 bits per heavy atom. The van der Waals surface area contributed by atoms with Gasteiger partial charge in [-0.15, -0.1) is 4.68 Å². The Hall–Kier alpha value is -2.69. The lowest BCUT2D eigenvalue weighted by Gasteiger charge is -1.97. The largest absolute Gasteiger partial charge is 0.398 e. The minimum Gasteiger partial charge on any atom is -0.358 e. The van der Waals surface area contributed by atoms with Crippen molar-refractivity contribution in [1.29, 1.82) is 0 Å². The number of rotatable bonds is 2. The van der Waals surface area contributed by atoms with Crippen molar-refractivity contribution in [2.45, 2.75) is 0 Å². The van der Waals surface area contributed by atoms with Gasteiger partial charge in [0, 0.05) is 0 Å². The van der Waals surface area contributed by atoms with Crippen LogP contribution in [0.4, 0.5) is 5.82 Å². The maximum absolute atomic E-state index is 11.0. The highest BCUT2D eigenvalue weighted by molar-refractivity contribution is 5.88. The third kappa shape index (κ3) is 1.53. The summed E-state index contributed by atoms with van der Waals surface area (Å²) in [5.41, 5.74) is 1.54. The van der Waals surface area contributed by atoms with Gasteiger partial charge in [0.2, 0.25) is 0 Å². The standard InChI is InChI=1S/C13H9N3O2/c17-16(18)13-11-8-4-5-9-12(11)15(14-13)10-6-2-1-3-7-10/h1-9H. The number of hydrogen-bond acceptors (Lipinski definition) is 3. The third-order valence-corrected chi connectivity index (χ3v) is 2.74. The van der Waals surface area contributed by atoms with Crippen LogP contribution in [0, 0.1) is 10.1 Å². The number of nitrogens with zero attached hydrogens (tertiary/aromatic N) is 3. The fraction of sp³-hybridized carbons (Fsp3) is 0. The monoisotopic (exact) mass is 239 g/mol. The quantitative estimate of drug-likeness (QED) is 0.510. The molecule has 88 valence electrons. The van der Waals surface area contributed by atoms with Crippen molar-refractivity contribution in [2.75, 3.05) is 0 Å². The van der Waals surface area contributed by atoms with Crippen molar-refractivity contribution >= 4 is 16.7 Å². The van der Waals surface area contributed by atoms with Gasteiger partial charge in [-0.3, -0.25) is 0 Å². The fourth-order valence-corrected chi connectivity index (χ4v) is 1.95. The van der Waals surface area contributed by atoms with Crippen molar-refractivity contribution in [1.82, 2.24) is 9.78 Å². The lowest BCUT2D eigenvalue weighted by molar-refractivity contribution is -0.388. The number of fused-ring (bicyclic) bond motifs is 1. The highest BCUT2D eigenvalue weighted by Crippen LogP contribution is 2.26. The SMILES string of the molecule is O=[N+]([O-])c1nn(-c2ccccc2)c2ccccc12. The van der Waals surface area contributed by atoms with Crippen molar-refractivity contribution in [3.8, 4) is 5.69 Å². The molecule has 0 saturated heterocycles. The van der Waals surface area contributed by atoms with Crippen LogP contribution in [0.1, 0.15) is 0 Å². The molecule has 0 atom stereocenters. The maximum atomic E-state index is 11.0. The Kier molecular flexibility index (Phi) is 2.30. The fourth-order valence-electron chi connectivity index (χ4n) is 1.95. The van der Waals surface area contributed by atoms with Gasteiger partial charge in [0.1, 0.15) is 10.9 Å². The summed E-state index contributed by atoms with van der Waals surface area (Å²) in [6, 6.07) is 16.5. The van der Waals surface area contributed by atoms with Gasteiger partial charge in [0.05, 0.1) is 10.8 Å². The summed E-state index contributed by atoms with van der Waals surface area (Å²) in [7, 11) is 0. The number of hydrogen-bond donors (Lipinski definition) is 0. The second-order valence-corrected chi connectivity index (χ2v) is 3.85. The molecule has 0 spiro atoms. The van der Waals surface area contributed by atoms with Crippen LogP contribution >= 0.6 is 0 Å². The lowest BCUT2D eigenvalue weighted by atomic mass is 10.2. The zero-order valence-electron chi connectivity index (χ0n) is 9.35. The molecular formula is C13H9N3O2. The molecule has 0 saturated carbocycles. The topological polar surface area (TPSA) is 61.0 Å². The molecule has 0 aliphatic heterocycles. The summed E-state index contributed by atoms with van der Waals surface area (Å²) in [6.45, 7) is 0. The van der Waals surface area contributed by atoms with Crippen molar-refractivity contribution in [3.05, 3.63) is 64.7 Å². The Labute approximate surface area is 102 Å². The van der Waals surface area contributed by atoms with E-state index in [1.165, 1.54) is 0 Å². The number of aromatic nitrogens is 2. The highest BCUT2D eigenvalue weighted by atomic mass is 16.6. The number of para-hydroxylation sites is 2. The molecule has 18 heavy (non-hydrogen) atoms.